The van der Waals surface area contributed by atoms with Gasteiger partial charge in [-0.05, 0) is 42.5 Å². The summed E-state index contributed by atoms with van der Waals surface area (Å²) in [5.41, 5.74) is 4.36. The van der Waals surface area contributed by atoms with Crippen LogP contribution in [0.5, 0.6) is 0 Å². The average molecular weight is 409 g/mol. The molecule has 1 aromatic heterocycles. The van der Waals surface area contributed by atoms with Crippen LogP contribution in [0.2, 0.25) is 0 Å². The largest absolute Gasteiger partial charge is 0.325 e. The predicted octanol–water partition coefficient (Wildman–Crippen LogP) is 5.30. The zero-order chi connectivity index (χ0) is 21.0. The number of anilines is 1. The Hall–Kier alpha value is -2.60. The molecule has 0 radical (unpaired) electrons. The SMILES string of the molecule is CCn1c(SCC(=O)Nc2ccc(C(C)(C)C)cc2)nnc1-c1ccccc1C. The second-order valence-corrected chi connectivity index (χ2v) is 8.97. The summed E-state index contributed by atoms with van der Waals surface area (Å²) in [6.07, 6.45) is 0. The van der Waals surface area contributed by atoms with Crippen LogP contribution in [0.25, 0.3) is 11.4 Å². The minimum Gasteiger partial charge on any atom is -0.325 e. The van der Waals surface area contributed by atoms with Gasteiger partial charge in [0.25, 0.3) is 0 Å². The van der Waals surface area contributed by atoms with Crippen LogP contribution in [0.15, 0.2) is 53.7 Å². The van der Waals surface area contributed by atoms with Gasteiger partial charge in [-0.15, -0.1) is 10.2 Å². The molecule has 0 unspecified atom stereocenters. The third-order valence-corrected chi connectivity index (χ3v) is 5.75. The molecule has 1 N–H and O–H groups in total. The molecule has 1 amide bonds. The molecule has 0 saturated heterocycles. The maximum Gasteiger partial charge on any atom is 0.234 e. The van der Waals surface area contributed by atoms with Crippen molar-refractivity contribution < 1.29 is 4.79 Å². The van der Waals surface area contributed by atoms with Crippen molar-refractivity contribution in [2.75, 3.05) is 11.1 Å². The van der Waals surface area contributed by atoms with Gasteiger partial charge in [0.05, 0.1) is 5.75 Å². The monoisotopic (exact) mass is 408 g/mol. The Bertz CT molecular complexity index is 987. The summed E-state index contributed by atoms with van der Waals surface area (Å²) in [6, 6.07) is 16.2. The number of carbonyl (C=O) groups excluding carboxylic acids is 1. The molecule has 1 heterocycles. The van der Waals surface area contributed by atoms with Crippen LogP contribution in [-0.4, -0.2) is 26.4 Å². The van der Waals surface area contributed by atoms with Crippen LogP contribution in [-0.2, 0) is 16.8 Å². The molecule has 152 valence electrons. The van der Waals surface area contributed by atoms with Crippen LogP contribution in [0, 0.1) is 6.92 Å². The van der Waals surface area contributed by atoms with Crippen molar-refractivity contribution in [1.82, 2.24) is 14.8 Å². The van der Waals surface area contributed by atoms with Gasteiger partial charge in [0.15, 0.2) is 11.0 Å². The number of benzene rings is 2. The molecule has 6 heteroatoms. The highest BCUT2D eigenvalue weighted by molar-refractivity contribution is 7.99. The molecule has 0 aliphatic carbocycles. The normalized spacial score (nSPS) is 11.5. The Morgan fingerprint density at radius 3 is 2.38 bits per heavy atom. The van der Waals surface area contributed by atoms with Gasteiger partial charge in [-0.1, -0.05) is 68.9 Å². The Kier molecular flexibility index (Phi) is 6.42. The summed E-state index contributed by atoms with van der Waals surface area (Å²) in [5.74, 6) is 1.07. The molecule has 3 aromatic rings. The fourth-order valence-electron chi connectivity index (χ4n) is 3.08. The fraction of sp³-hybridized carbons (Fsp3) is 0.348. The molecule has 0 aliphatic rings. The van der Waals surface area contributed by atoms with Crippen LogP contribution in [0.4, 0.5) is 5.69 Å². The molecule has 0 saturated carbocycles. The third-order valence-electron chi connectivity index (χ3n) is 4.79. The van der Waals surface area contributed by atoms with E-state index in [1.807, 2.05) is 30.3 Å². The first-order valence-corrected chi connectivity index (χ1v) is 10.8. The van der Waals surface area contributed by atoms with E-state index >= 15 is 0 Å². The Morgan fingerprint density at radius 2 is 1.76 bits per heavy atom. The summed E-state index contributed by atoms with van der Waals surface area (Å²) < 4.78 is 2.05. The lowest BCUT2D eigenvalue weighted by atomic mass is 9.87. The highest BCUT2D eigenvalue weighted by Gasteiger charge is 2.16. The van der Waals surface area contributed by atoms with Gasteiger partial charge in [0.2, 0.25) is 5.91 Å². The van der Waals surface area contributed by atoms with E-state index in [9.17, 15) is 4.79 Å². The Morgan fingerprint density at radius 1 is 1.07 bits per heavy atom. The van der Waals surface area contributed by atoms with Gasteiger partial charge >= 0.3 is 0 Å². The lowest BCUT2D eigenvalue weighted by Gasteiger charge is -2.19. The van der Waals surface area contributed by atoms with Gasteiger partial charge in [-0.2, -0.15) is 0 Å². The van der Waals surface area contributed by atoms with E-state index in [1.165, 1.54) is 17.3 Å². The predicted molar refractivity (Wildman–Crippen MR) is 120 cm³/mol. The van der Waals surface area contributed by atoms with Crippen LogP contribution >= 0.6 is 11.8 Å². The number of rotatable bonds is 6. The number of nitrogens with one attached hydrogen (secondary N) is 1. The molecular weight excluding hydrogens is 380 g/mol. The third kappa shape index (κ3) is 5.07. The second kappa shape index (κ2) is 8.82. The van der Waals surface area contributed by atoms with Crippen LogP contribution < -0.4 is 5.32 Å². The first kappa shape index (κ1) is 21.1. The summed E-state index contributed by atoms with van der Waals surface area (Å²) in [6.45, 7) is 11.4. The number of carbonyl (C=O) groups is 1. The molecule has 0 bridgehead atoms. The van der Waals surface area contributed by atoms with E-state index in [4.69, 9.17) is 0 Å². The van der Waals surface area contributed by atoms with Gasteiger partial charge in [0.1, 0.15) is 0 Å². The first-order valence-electron chi connectivity index (χ1n) is 9.82. The van der Waals surface area contributed by atoms with Gasteiger partial charge < -0.3 is 9.88 Å². The van der Waals surface area contributed by atoms with Crippen molar-refractivity contribution in [3.05, 3.63) is 59.7 Å². The molecule has 2 aromatic carbocycles. The Labute approximate surface area is 176 Å². The number of aromatic nitrogens is 3. The highest BCUT2D eigenvalue weighted by Crippen LogP contribution is 2.27. The van der Waals surface area contributed by atoms with E-state index in [-0.39, 0.29) is 17.1 Å². The van der Waals surface area contributed by atoms with Crippen molar-refractivity contribution in [2.45, 2.75) is 51.7 Å². The zero-order valence-corrected chi connectivity index (χ0v) is 18.5. The van der Waals surface area contributed by atoms with E-state index in [0.717, 1.165) is 34.3 Å². The summed E-state index contributed by atoms with van der Waals surface area (Å²) >= 11 is 1.41. The van der Waals surface area contributed by atoms with Crippen molar-refractivity contribution in [2.24, 2.45) is 0 Å². The first-order chi connectivity index (χ1) is 13.8. The maximum absolute atomic E-state index is 12.4. The molecule has 3 rings (SSSR count). The van der Waals surface area contributed by atoms with Gasteiger partial charge in [0, 0.05) is 17.8 Å². The number of nitrogens with zero attached hydrogens (tertiary/aromatic N) is 3. The van der Waals surface area contributed by atoms with E-state index in [2.05, 4.69) is 72.9 Å². The number of hydrogen-bond acceptors (Lipinski definition) is 4. The minimum absolute atomic E-state index is 0.0541. The molecule has 5 nitrogen and oxygen atoms in total. The van der Waals surface area contributed by atoms with Gasteiger partial charge in [-0.3, -0.25) is 4.79 Å². The molecule has 0 fully saturated rings. The van der Waals surface area contributed by atoms with Crippen molar-refractivity contribution in [3.8, 4) is 11.4 Å². The minimum atomic E-state index is -0.0541. The fourth-order valence-corrected chi connectivity index (χ4v) is 3.89. The molecular formula is C23H28N4OS. The number of amides is 1. The summed E-state index contributed by atoms with van der Waals surface area (Å²) in [5, 5.41) is 12.4. The van der Waals surface area contributed by atoms with Gasteiger partial charge in [-0.25, -0.2) is 0 Å². The number of hydrogen-bond donors (Lipinski definition) is 1. The Balaban J connectivity index is 1.66. The summed E-state index contributed by atoms with van der Waals surface area (Å²) in [4.78, 5) is 12.4. The smallest absolute Gasteiger partial charge is 0.234 e. The molecule has 0 aliphatic heterocycles. The number of thioether (sulfide) groups is 1. The maximum atomic E-state index is 12.4. The highest BCUT2D eigenvalue weighted by atomic mass is 32.2. The van der Waals surface area contributed by atoms with Crippen molar-refractivity contribution in [3.63, 3.8) is 0 Å². The van der Waals surface area contributed by atoms with Crippen molar-refractivity contribution >= 4 is 23.4 Å². The standard InChI is InChI=1S/C23H28N4OS/c1-6-27-21(19-10-8-7-9-16(19)2)25-26-22(27)29-15-20(28)24-18-13-11-17(12-14-18)23(3,4)5/h7-14H,6,15H2,1-5H3,(H,24,28). The lowest BCUT2D eigenvalue weighted by molar-refractivity contribution is -0.113. The van der Waals surface area contributed by atoms with E-state index in [0.29, 0.717) is 0 Å². The average Bonchev–Trinajstić information content (AvgIpc) is 3.09. The molecule has 29 heavy (non-hydrogen) atoms. The van der Waals surface area contributed by atoms with Crippen LogP contribution in [0.3, 0.4) is 0 Å². The number of aryl methyl sites for hydroxylation is 1. The topological polar surface area (TPSA) is 59.8 Å². The van der Waals surface area contributed by atoms with Crippen LogP contribution in [0.1, 0.15) is 38.8 Å². The molecule has 0 atom stereocenters. The quantitative estimate of drug-likeness (QED) is 0.562. The summed E-state index contributed by atoms with van der Waals surface area (Å²) in [7, 11) is 0. The van der Waals surface area contributed by atoms with E-state index in [1.54, 1.807) is 0 Å². The molecule has 0 spiro atoms. The van der Waals surface area contributed by atoms with Crippen molar-refractivity contribution in [1.29, 1.82) is 0 Å². The zero-order valence-electron chi connectivity index (χ0n) is 17.7. The lowest BCUT2D eigenvalue weighted by Crippen LogP contribution is -2.15. The van der Waals surface area contributed by atoms with E-state index < -0.39 is 0 Å². The second-order valence-electron chi connectivity index (χ2n) is 8.03.